The average Bonchev–Trinajstić information content (AvgIpc) is 3.03. The second-order valence-electron chi connectivity index (χ2n) is 12.4. The Labute approximate surface area is 184 Å². The number of fused-ring (bicyclic) bond motifs is 5. The van der Waals surface area contributed by atoms with Gasteiger partial charge in [-0.1, -0.05) is 20.8 Å². The Hall–Kier alpha value is -0.860. The summed E-state index contributed by atoms with van der Waals surface area (Å²) in [5, 5.41) is 3.06. The van der Waals surface area contributed by atoms with E-state index in [4.69, 9.17) is 0 Å². The summed E-state index contributed by atoms with van der Waals surface area (Å²) in [7, 11) is 0. The molecule has 1 amide bonds. The highest BCUT2D eigenvalue weighted by Gasteiger charge is 2.60. The zero-order valence-electron chi connectivity index (χ0n) is 20.1. The van der Waals surface area contributed by atoms with Gasteiger partial charge in [0.15, 0.2) is 0 Å². The van der Waals surface area contributed by atoms with Crippen LogP contribution in [0.5, 0.6) is 0 Å². The van der Waals surface area contributed by atoms with Crippen LogP contribution >= 0.6 is 0 Å². The quantitative estimate of drug-likeness (QED) is 0.585. The van der Waals surface area contributed by atoms with Crippen molar-refractivity contribution in [2.24, 2.45) is 46.3 Å². The normalized spacial score (nSPS) is 44.2. The van der Waals surface area contributed by atoms with Crippen LogP contribution in [-0.4, -0.2) is 17.7 Å². The number of rotatable bonds is 5. The molecule has 8 atom stereocenters. The van der Waals surface area contributed by atoms with Crippen LogP contribution < -0.4 is 5.32 Å². The van der Waals surface area contributed by atoms with Crippen molar-refractivity contribution in [1.29, 1.82) is 0 Å². The molecule has 4 saturated carbocycles. The third-order valence-electron chi connectivity index (χ3n) is 10.5. The minimum absolute atomic E-state index is 0.221. The van der Waals surface area contributed by atoms with Crippen molar-refractivity contribution < 1.29 is 9.59 Å². The molecule has 4 aliphatic carbocycles. The molecule has 170 valence electrons. The number of carbonyl (C=O) groups is 2. The highest BCUT2D eigenvalue weighted by atomic mass is 16.1. The first-order valence-corrected chi connectivity index (χ1v) is 13.0. The van der Waals surface area contributed by atoms with Crippen molar-refractivity contribution in [3.8, 4) is 0 Å². The maximum Gasteiger partial charge on any atom is 0.220 e. The van der Waals surface area contributed by atoms with Gasteiger partial charge < -0.3 is 5.32 Å². The largest absolute Gasteiger partial charge is 0.354 e. The molecule has 3 heteroatoms. The summed E-state index contributed by atoms with van der Waals surface area (Å²) in [5.41, 5.74) is 0.875. The Balaban J connectivity index is 1.43. The Morgan fingerprint density at radius 3 is 2.47 bits per heavy atom. The molecule has 0 bridgehead atoms. The first kappa shape index (κ1) is 22.3. The lowest BCUT2D eigenvalue weighted by atomic mass is 9.44. The fourth-order valence-electron chi connectivity index (χ4n) is 8.97. The second-order valence-corrected chi connectivity index (χ2v) is 12.4. The average molecular weight is 416 g/mol. The SMILES string of the molecule is CC(C)NC(=O)CC[C@@H](C)[C@H]1CCC2C3CCC4CC(=O)CC[C@]4(C)C3CC[C@@]21C. The smallest absolute Gasteiger partial charge is 0.220 e. The highest BCUT2D eigenvalue weighted by Crippen LogP contribution is 2.68. The van der Waals surface area contributed by atoms with Crippen LogP contribution in [-0.2, 0) is 9.59 Å². The predicted octanol–water partition coefficient (Wildman–Crippen LogP) is 6.16. The van der Waals surface area contributed by atoms with Gasteiger partial charge in [0, 0.05) is 25.3 Å². The third-order valence-corrected chi connectivity index (χ3v) is 10.5. The monoisotopic (exact) mass is 415 g/mol. The van der Waals surface area contributed by atoms with E-state index < -0.39 is 0 Å². The molecule has 0 radical (unpaired) electrons. The summed E-state index contributed by atoms with van der Waals surface area (Å²) >= 11 is 0. The van der Waals surface area contributed by atoms with Crippen LogP contribution in [0.4, 0.5) is 0 Å². The zero-order valence-corrected chi connectivity index (χ0v) is 20.1. The standard InChI is InChI=1S/C27H45NO2/c1-17(2)28-25(30)11-6-18(3)22-9-10-23-21-8-7-19-16-20(29)12-14-26(19,4)24(21)13-15-27(22,23)5/h17-19,21-24H,6-16H2,1-5H3,(H,28,30)/t18-,19?,21?,22-,23?,24?,26+,27-/m1/s1. The molecule has 4 unspecified atom stereocenters. The van der Waals surface area contributed by atoms with Gasteiger partial charge in [0.05, 0.1) is 0 Å². The lowest BCUT2D eigenvalue weighted by Crippen LogP contribution is -2.53. The third kappa shape index (κ3) is 3.77. The number of carbonyl (C=O) groups excluding carboxylic acids is 2. The van der Waals surface area contributed by atoms with Gasteiger partial charge in [-0.25, -0.2) is 0 Å². The van der Waals surface area contributed by atoms with Crippen LogP contribution in [0, 0.1) is 46.3 Å². The van der Waals surface area contributed by atoms with E-state index in [0.29, 0.717) is 34.9 Å². The number of hydrogen-bond acceptors (Lipinski definition) is 2. The zero-order chi connectivity index (χ0) is 21.7. The summed E-state index contributed by atoms with van der Waals surface area (Å²) in [4.78, 5) is 24.3. The van der Waals surface area contributed by atoms with Crippen molar-refractivity contribution in [2.75, 3.05) is 0 Å². The van der Waals surface area contributed by atoms with E-state index in [1.165, 1.54) is 38.5 Å². The molecular formula is C27H45NO2. The molecule has 30 heavy (non-hydrogen) atoms. The number of ketones is 1. The van der Waals surface area contributed by atoms with Crippen LogP contribution in [0.2, 0.25) is 0 Å². The molecule has 0 heterocycles. The maximum atomic E-state index is 12.2. The molecule has 0 saturated heterocycles. The Morgan fingerprint density at radius 2 is 1.73 bits per heavy atom. The van der Waals surface area contributed by atoms with Gasteiger partial charge in [0.2, 0.25) is 5.91 Å². The summed E-state index contributed by atoms with van der Waals surface area (Å²) in [6, 6.07) is 0.239. The molecule has 0 spiro atoms. The number of nitrogens with one attached hydrogen (secondary N) is 1. The van der Waals surface area contributed by atoms with E-state index in [2.05, 4.69) is 26.1 Å². The minimum Gasteiger partial charge on any atom is -0.354 e. The van der Waals surface area contributed by atoms with Crippen LogP contribution in [0.25, 0.3) is 0 Å². The van der Waals surface area contributed by atoms with Gasteiger partial charge >= 0.3 is 0 Å². The van der Waals surface area contributed by atoms with Gasteiger partial charge in [-0.2, -0.15) is 0 Å². The molecule has 1 N–H and O–H groups in total. The van der Waals surface area contributed by atoms with Gasteiger partial charge in [-0.15, -0.1) is 0 Å². The number of hydrogen-bond donors (Lipinski definition) is 1. The summed E-state index contributed by atoms with van der Waals surface area (Å²) in [6.07, 6.45) is 12.7. The number of amides is 1. The van der Waals surface area contributed by atoms with E-state index in [1.807, 2.05) is 13.8 Å². The van der Waals surface area contributed by atoms with E-state index in [0.717, 1.165) is 49.4 Å². The number of Topliss-reactive ketones (excluding diaryl/α,β-unsaturated/α-hetero) is 1. The minimum atomic E-state index is 0.221. The first-order chi connectivity index (χ1) is 14.1. The molecular weight excluding hydrogens is 370 g/mol. The van der Waals surface area contributed by atoms with Crippen molar-refractivity contribution in [2.45, 2.75) is 111 Å². The van der Waals surface area contributed by atoms with Crippen molar-refractivity contribution >= 4 is 11.7 Å². The van der Waals surface area contributed by atoms with E-state index in [9.17, 15) is 9.59 Å². The lowest BCUT2D eigenvalue weighted by Gasteiger charge is -2.60. The van der Waals surface area contributed by atoms with Crippen LogP contribution in [0.1, 0.15) is 105 Å². The van der Waals surface area contributed by atoms with Crippen LogP contribution in [0.3, 0.4) is 0 Å². The van der Waals surface area contributed by atoms with E-state index >= 15 is 0 Å². The van der Waals surface area contributed by atoms with Gasteiger partial charge in [0.25, 0.3) is 0 Å². The van der Waals surface area contributed by atoms with Crippen LogP contribution in [0.15, 0.2) is 0 Å². The molecule has 0 aromatic rings. The molecule has 4 aliphatic rings. The van der Waals surface area contributed by atoms with Gasteiger partial charge in [-0.3, -0.25) is 9.59 Å². The predicted molar refractivity (Wildman–Crippen MR) is 122 cm³/mol. The fourth-order valence-corrected chi connectivity index (χ4v) is 8.97. The van der Waals surface area contributed by atoms with Crippen molar-refractivity contribution in [3.63, 3.8) is 0 Å². The summed E-state index contributed by atoms with van der Waals surface area (Å²) in [5.74, 6) is 5.38. The van der Waals surface area contributed by atoms with E-state index in [1.54, 1.807) is 0 Å². The van der Waals surface area contributed by atoms with Crippen molar-refractivity contribution in [1.82, 2.24) is 5.32 Å². The lowest BCUT2D eigenvalue weighted by molar-refractivity contribution is -0.140. The summed E-state index contributed by atoms with van der Waals surface area (Å²) < 4.78 is 0. The summed E-state index contributed by atoms with van der Waals surface area (Å²) in [6.45, 7) is 11.7. The molecule has 0 aromatic carbocycles. The highest BCUT2D eigenvalue weighted by molar-refractivity contribution is 5.79. The van der Waals surface area contributed by atoms with Gasteiger partial charge in [-0.05, 0) is 112 Å². The van der Waals surface area contributed by atoms with Crippen molar-refractivity contribution in [3.05, 3.63) is 0 Å². The first-order valence-electron chi connectivity index (χ1n) is 13.0. The molecule has 3 nitrogen and oxygen atoms in total. The topological polar surface area (TPSA) is 46.2 Å². The Kier molecular flexibility index (Phi) is 6.14. The molecule has 0 aliphatic heterocycles. The molecule has 0 aromatic heterocycles. The Bertz CT molecular complexity index is 672. The molecule has 4 fully saturated rings. The fraction of sp³-hybridized carbons (Fsp3) is 0.926. The second kappa shape index (κ2) is 8.24. The Morgan fingerprint density at radius 1 is 1.00 bits per heavy atom. The van der Waals surface area contributed by atoms with E-state index in [-0.39, 0.29) is 11.9 Å². The maximum absolute atomic E-state index is 12.2. The molecule has 4 rings (SSSR count). The van der Waals surface area contributed by atoms with Gasteiger partial charge in [0.1, 0.15) is 5.78 Å².